The van der Waals surface area contributed by atoms with Crippen molar-refractivity contribution in [3.8, 4) is 9.85 Å². The van der Waals surface area contributed by atoms with Crippen LogP contribution in [0.1, 0.15) is 0 Å². The summed E-state index contributed by atoms with van der Waals surface area (Å²) in [6.07, 6.45) is -5.56. The Morgan fingerprint density at radius 2 is 1.40 bits per heavy atom. The molecule has 58 valence electrons. The molecule has 0 unspecified atom stereocenters. The highest BCUT2D eigenvalue weighted by Gasteiger charge is 2.56. The van der Waals surface area contributed by atoms with E-state index in [0.29, 0.717) is 0 Å². The average Bonchev–Trinajstić information content (AvgIpc) is 1.61. The SMILES string of the molecule is FC(F)(F)C(F)(F)C#CI. The third-order valence-electron chi connectivity index (χ3n) is 0.560. The van der Waals surface area contributed by atoms with Crippen LogP contribution in [-0.4, -0.2) is 12.1 Å². The molecule has 10 heavy (non-hydrogen) atoms. The van der Waals surface area contributed by atoms with Crippen LogP contribution < -0.4 is 0 Å². The van der Waals surface area contributed by atoms with E-state index in [9.17, 15) is 22.0 Å². The van der Waals surface area contributed by atoms with E-state index >= 15 is 0 Å². The van der Waals surface area contributed by atoms with Gasteiger partial charge in [-0.25, -0.2) is 0 Å². The van der Waals surface area contributed by atoms with E-state index in [4.69, 9.17) is 0 Å². The maximum atomic E-state index is 11.6. The standard InChI is InChI=1S/C4F5I/c5-3(6,1-2-10)4(7,8)9. The number of hydrogen-bond acceptors (Lipinski definition) is 0. The van der Waals surface area contributed by atoms with Crippen molar-refractivity contribution in [3.05, 3.63) is 0 Å². The van der Waals surface area contributed by atoms with Crippen LogP contribution in [0.5, 0.6) is 0 Å². The second-order valence-electron chi connectivity index (χ2n) is 1.29. The molecule has 0 bridgehead atoms. The quantitative estimate of drug-likeness (QED) is 0.360. The first kappa shape index (κ1) is 9.94. The molecule has 0 rings (SSSR count). The average molecular weight is 270 g/mol. The van der Waals surface area contributed by atoms with E-state index in [1.807, 2.05) is 0 Å². The molecule has 0 aliphatic carbocycles. The molecule has 0 aromatic heterocycles. The first-order chi connectivity index (χ1) is 4.31. The Kier molecular flexibility index (Phi) is 2.88. The zero-order valence-corrected chi connectivity index (χ0v) is 6.43. The zero-order valence-electron chi connectivity index (χ0n) is 4.27. The second-order valence-corrected chi connectivity index (χ2v) is 1.83. The minimum atomic E-state index is -5.56. The predicted octanol–water partition coefficient (Wildman–Crippen LogP) is 2.58. The van der Waals surface area contributed by atoms with E-state index in [2.05, 4.69) is 0 Å². The monoisotopic (exact) mass is 270 g/mol. The van der Waals surface area contributed by atoms with Crippen LogP contribution in [0.2, 0.25) is 0 Å². The fourth-order valence-corrected chi connectivity index (χ4v) is 0.469. The van der Waals surface area contributed by atoms with Gasteiger partial charge in [0.05, 0.1) is 0 Å². The normalized spacial score (nSPS) is 12.2. The van der Waals surface area contributed by atoms with Gasteiger partial charge < -0.3 is 0 Å². The van der Waals surface area contributed by atoms with Gasteiger partial charge in [0.1, 0.15) is 0 Å². The molecule has 0 aromatic carbocycles. The lowest BCUT2D eigenvalue weighted by molar-refractivity contribution is -0.254. The molecular formula is C4F5I. The van der Waals surface area contributed by atoms with Crippen molar-refractivity contribution in [2.45, 2.75) is 12.1 Å². The van der Waals surface area contributed by atoms with E-state index < -0.39 is 12.1 Å². The Morgan fingerprint density at radius 1 is 1.00 bits per heavy atom. The van der Waals surface area contributed by atoms with Gasteiger partial charge in [-0.2, -0.15) is 22.0 Å². The zero-order chi connectivity index (χ0) is 8.41. The summed E-state index contributed by atoms with van der Waals surface area (Å²) in [5.41, 5.74) is 0. The summed E-state index contributed by atoms with van der Waals surface area (Å²) < 4.78 is 58.2. The summed E-state index contributed by atoms with van der Waals surface area (Å²) in [7, 11) is 0. The van der Waals surface area contributed by atoms with E-state index in [-0.39, 0.29) is 0 Å². The lowest BCUT2D eigenvalue weighted by atomic mass is 10.3. The van der Waals surface area contributed by atoms with Gasteiger partial charge in [-0.05, 0) is 9.85 Å². The molecule has 0 aliphatic heterocycles. The van der Waals surface area contributed by atoms with E-state index in [1.165, 1.54) is 3.93 Å². The summed E-state index contributed by atoms with van der Waals surface area (Å²) in [5.74, 6) is -4.14. The molecule has 0 N–H and O–H groups in total. The third kappa shape index (κ3) is 2.28. The molecule has 0 saturated carbocycles. The summed E-state index contributed by atoms with van der Waals surface area (Å²) in [6, 6.07) is 0. The molecule has 0 aliphatic rings. The lowest BCUT2D eigenvalue weighted by Gasteiger charge is -2.11. The maximum Gasteiger partial charge on any atom is 0.466 e. The van der Waals surface area contributed by atoms with Gasteiger partial charge >= 0.3 is 12.1 Å². The van der Waals surface area contributed by atoms with Crippen LogP contribution >= 0.6 is 22.6 Å². The molecule has 0 radical (unpaired) electrons. The topological polar surface area (TPSA) is 0 Å². The fraction of sp³-hybridized carbons (Fsp3) is 0.500. The molecule has 0 nitrogen and oxygen atoms in total. The van der Waals surface area contributed by atoms with E-state index in [1.54, 1.807) is 0 Å². The van der Waals surface area contributed by atoms with Crippen LogP contribution in [0.15, 0.2) is 0 Å². The smallest absolute Gasteiger partial charge is 0.181 e. The molecule has 6 heteroatoms. The Labute approximate surface area is 66.9 Å². The Hall–Kier alpha value is -0.0600. The van der Waals surface area contributed by atoms with Crippen LogP contribution in [0, 0.1) is 9.85 Å². The van der Waals surface area contributed by atoms with Crippen molar-refractivity contribution in [1.29, 1.82) is 0 Å². The molecule has 0 saturated heterocycles. The third-order valence-corrected chi connectivity index (χ3v) is 0.830. The van der Waals surface area contributed by atoms with Gasteiger partial charge in [0.25, 0.3) is 0 Å². The molecular weight excluding hydrogens is 270 g/mol. The highest BCUT2D eigenvalue weighted by Crippen LogP contribution is 2.34. The van der Waals surface area contributed by atoms with Crippen LogP contribution in [0.3, 0.4) is 0 Å². The Balaban J connectivity index is 4.51. The fourth-order valence-electron chi connectivity index (χ4n) is 0.130. The van der Waals surface area contributed by atoms with Crippen LogP contribution in [-0.2, 0) is 0 Å². The second kappa shape index (κ2) is 2.90. The van der Waals surface area contributed by atoms with Crippen molar-refractivity contribution in [1.82, 2.24) is 0 Å². The highest BCUT2D eigenvalue weighted by molar-refractivity contribution is 14.1. The van der Waals surface area contributed by atoms with Gasteiger partial charge in [0.2, 0.25) is 0 Å². The predicted molar refractivity (Wildman–Crippen MR) is 32.8 cm³/mol. The van der Waals surface area contributed by atoms with Crippen molar-refractivity contribution in [2.24, 2.45) is 0 Å². The van der Waals surface area contributed by atoms with Crippen LogP contribution in [0.4, 0.5) is 22.0 Å². The number of rotatable bonds is 0. The molecule has 0 amide bonds. The van der Waals surface area contributed by atoms with Crippen LogP contribution in [0.25, 0.3) is 0 Å². The van der Waals surface area contributed by atoms with E-state index in [0.717, 1.165) is 28.5 Å². The molecule has 0 aromatic rings. The number of alkyl halides is 5. The highest BCUT2D eigenvalue weighted by atomic mass is 127. The molecule has 0 atom stereocenters. The minimum absolute atomic E-state index is 0.740. The molecule has 0 fully saturated rings. The Bertz CT molecular complexity index is 170. The maximum absolute atomic E-state index is 11.6. The first-order valence-electron chi connectivity index (χ1n) is 1.88. The van der Waals surface area contributed by atoms with Crippen molar-refractivity contribution in [2.75, 3.05) is 0 Å². The van der Waals surface area contributed by atoms with Gasteiger partial charge in [-0.15, -0.1) is 0 Å². The van der Waals surface area contributed by atoms with Gasteiger partial charge in [-0.3, -0.25) is 0 Å². The Morgan fingerprint density at radius 3 is 1.50 bits per heavy atom. The lowest BCUT2D eigenvalue weighted by Crippen LogP contribution is -2.34. The minimum Gasteiger partial charge on any atom is -0.181 e. The molecule has 0 spiro atoms. The van der Waals surface area contributed by atoms with Crippen molar-refractivity contribution >= 4 is 22.6 Å². The summed E-state index contributed by atoms with van der Waals surface area (Å²) in [6.45, 7) is 0. The first-order valence-corrected chi connectivity index (χ1v) is 2.96. The molecule has 0 heterocycles. The van der Waals surface area contributed by atoms with Gasteiger partial charge in [-0.1, -0.05) is 0 Å². The summed E-state index contributed by atoms with van der Waals surface area (Å²) >= 11 is 1.11. The summed E-state index contributed by atoms with van der Waals surface area (Å²) in [5, 5.41) is 0. The van der Waals surface area contributed by atoms with Crippen molar-refractivity contribution < 1.29 is 22.0 Å². The van der Waals surface area contributed by atoms with Gasteiger partial charge in [0.15, 0.2) is 0 Å². The number of halogens is 6. The number of hydrogen-bond donors (Lipinski definition) is 0. The summed E-state index contributed by atoms with van der Waals surface area (Å²) in [4.78, 5) is 0. The van der Waals surface area contributed by atoms with Gasteiger partial charge in [0, 0.05) is 22.6 Å². The largest absolute Gasteiger partial charge is 0.466 e. The van der Waals surface area contributed by atoms with Crippen molar-refractivity contribution in [3.63, 3.8) is 0 Å².